The average Bonchev–Trinajstić information content (AvgIpc) is 3.28. The number of morpholine rings is 1. The van der Waals surface area contributed by atoms with Crippen molar-refractivity contribution in [1.29, 1.82) is 0 Å². The number of hydrogen-bond donors (Lipinski definition) is 0. The lowest BCUT2D eigenvalue weighted by Gasteiger charge is -2.37. The maximum absolute atomic E-state index is 14.3. The minimum absolute atomic E-state index is 0.0476. The number of para-hydroxylation sites is 2. The predicted molar refractivity (Wildman–Crippen MR) is 140 cm³/mol. The molecule has 3 aliphatic rings. The second-order valence-corrected chi connectivity index (χ2v) is 9.37. The third-order valence-electron chi connectivity index (χ3n) is 7.09. The first kappa shape index (κ1) is 24.1. The number of hydrogen-bond acceptors (Lipinski definition) is 7. The fourth-order valence-electron chi connectivity index (χ4n) is 5.04. The minimum atomic E-state index is -0.420. The maximum atomic E-state index is 14.3. The first-order valence-electron chi connectivity index (χ1n) is 12.7. The first-order valence-corrected chi connectivity index (χ1v) is 12.7. The summed E-state index contributed by atoms with van der Waals surface area (Å²) in [5, 5.41) is 4.02. The Morgan fingerprint density at radius 3 is 2.39 bits per heavy atom. The van der Waals surface area contributed by atoms with E-state index in [1.165, 1.54) is 17.0 Å². The smallest absolute Gasteiger partial charge is 0.349 e. The van der Waals surface area contributed by atoms with Crippen molar-refractivity contribution < 1.29 is 18.7 Å². The number of fused-ring (bicyclic) bond motifs is 1. The number of ether oxygens (including phenoxy) is 1. The second kappa shape index (κ2) is 10.3. The number of nitrogens with zero attached hydrogens (tertiary/aromatic N) is 7. The topological polar surface area (TPSA) is 96.2 Å². The number of benzene rings is 2. The van der Waals surface area contributed by atoms with Gasteiger partial charge in [-0.3, -0.25) is 9.69 Å². The molecule has 4 heterocycles. The van der Waals surface area contributed by atoms with Gasteiger partial charge in [-0.05, 0) is 30.3 Å². The van der Waals surface area contributed by atoms with Crippen LogP contribution in [0.4, 0.5) is 32.2 Å². The molecule has 195 valence electrons. The van der Waals surface area contributed by atoms with Crippen LogP contribution in [0.3, 0.4) is 0 Å². The molecule has 10 nitrogen and oxygen atoms in total. The number of urea groups is 1. The van der Waals surface area contributed by atoms with E-state index in [9.17, 15) is 14.0 Å². The van der Waals surface area contributed by atoms with Gasteiger partial charge in [0.05, 0.1) is 24.6 Å². The summed E-state index contributed by atoms with van der Waals surface area (Å²) in [5.41, 5.74) is 3.54. The van der Waals surface area contributed by atoms with Crippen molar-refractivity contribution in [3.8, 4) is 11.1 Å². The van der Waals surface area contributed by atoms with Crippen molar-refractivity contribution in [2.24, 2.45) is 0 Å². The van der Waals surface area contributed by atoms with Crippen LogP contribution >= 0.6 is 0 Å². The van der Waals surface area contributed by atoms with Gasteiger partial charge in [-0.2, -0.15) is 5.32 Å². The molecule has 2 aromatic carbocycles. The van der Waals surface area contributed by atoms with E-state index in [0.29, 0.717) is 62.3 Å². The Balaban J connectivity index is 1.13. The Morgan fingerprint density at radius 1 is 0.895 bits per heavy atom. The SMILES string of the molecule is O=C(CN1C(=O)[N]c2ccccc21)N1CCN(c2ccc(F)cc2-c2cnc(N3CCOCC3)nc2)CC1. The summed E-state index contributed by atoms with van der Waals surface area (Å²) in [6, 6.07) is 11.5. The van der Waals surface area contributed by atoms with Gasteiger partial charge in [-0.15, -0.1) is 0 Å². The molecule has 3 aromatic rings. The molecule has 1 aromatic heterocycles. The fourth-order valence-corrected chi connectivity index (χ4v) is 5.04. The summed E-state index contributed by atoms with van der Waals surface area (Å²) in [6.45, 7) is 4.84. The zero-order valence-corrected chi connectivity index (χ0v) is 20.8. The van der Waals surface area contributed by atoms with Crippen LogP contribution < -0.4 is 20.0 Å². The fraction of sp³-hybridized carbons (Fsp3) is 0.333. The van der Waals surface area contributed by atoms with Gasteiger partial charge in [0.25, 0.3) is 0 Å². The number of carbonyl (C=O) groups is 2. The lowest BCUT2D eigenvalue weighted by Crippen LogP contribution is -2.51. The van der Waals surface area contributed by atoms with Crippen LogP contribution in [0.5, 0.6) is 0 Å². The standard InChI is InChI=1S/C27H27FN7O3/c28-20-5-6-23(21(15-20)19-16-29-26(30-17-19)34-11-13-38-14-12-34)32-7-9-33(10-8-32)25(36)18-35-24-4-2-1-3-22(24)31-27(35)37/h1-6,15-17H,7-14,18H2. The molecule has 0 spiro atoms. The number of piperazine rings is 1. The van der Waals surface area contributed by atoms with Crippen molar-refractivity contribution in [3.63, 3.8) is 0 Å². The highest BCUT2D eigenvalue weighted by molar-refractivity contribution is 6.07. The third kappa shape index (κ3) is 4.72. The van der Waals surface area contributed by atoms with Crippen molar-refractivity contribution in [2.75, 3.05) is 73.7 Å². The Hall–Kier alpha value is -4.25. The zero-order chi connectivity index (χ0) is 26.1. The molecule has 1 radical (unpaired) electrons. The Bertz CT molecular complexity index is 1340. The number of aromatic nitrogens is 2. The third-order valence-corrected chi connectivity index (χ3v) is 7.09. The Labute approximate surface area is 219 Å². The monoisotopic (exact) mass is 516 g/mol. The van der Waals surface area contributed by atoms with Crippen LogP contribution in [0, 0.1) is 5.82 Å². The normalized spacial score (nSPS) is 17.4. The molecule has 3 amide bonds. The lowest BCUT2D eigenvalue weighted by atomic mass is 10.0. The summed E-state index contributed by atoms with van der Waals surface area (Å²) in [5.74, 6) is 0.168. The molecule has 0 saturated carbocycles. The van der Waals surface area contributed by atoms with E-state index < -0.39 is 6.03 Å². The van der Waals surface area contributed by atoms with Gasteiger partial charge < -0.3 is 19.4 Å². The molecule has 11 heteroatoms. The van der Waals surface area contributed by atoms with E-state index in [2.05, 4.69) is 25.1 Å². The van der Waals surface area contributed by atoms with Gasteiger partial charge in [0.2, 0.25) is 11.9 Å². The summed E-state index contributed by atoms with van der Waals surface area (Å²) in [4.78, 5) is 41.8. The molecule has 3 aliphatic heterocycles. The van der Waals surface area contributed by atoms with E-state index in [0.717, 1.165) is 24.3 Å². The molecular weight excluding hydrogens is 489 g/mol. The zero-order valence-electron chi connectivity index (χ0n) is 20.8. The van der Waals surface area contributed by atoms with Crippen molar-refractivity contribution in [2.45, 2.75) is 0 Å². The van der Waals surface area contributed by atoms with Crippen molar-refractivity contribution >= 4 is 34.9 Å². The van der Waals surface area contributed by atoms with Crippen molar-refractivity contribution in [1.82, 2.24) is 20.2 Å². The summed E-state index contributed by atoms with van der Waals surface area (Å²) < 4.78 is 19.7. The molecule has 0 unspecified atom stereocenters. The first-order chi connectivity index (χ1) is 18.6. The van der Waals surface area contributed by atoms with Crippen molar-refractivity contribution in [3.05, 3.63) is 60.7 Å². The highest BCUT2D eigenvalue weighted by Gasteiger charge is 2.32. The van der Waals surface area contributed by atoms with Crippen LogP contribution in [0.1, 0.15) is 0 Å². The molecule has 6 rings (SSSR count). The number of anilines is 3. The van der Waals surface area contributed by atoms with Gasteiger partial charge in [0.15, 0.2) is 0 Å². The number of rotatable bonds is 5. The Kier molecular flexibility index (Phi) is 6.50. The van der Waals surface area contributed by atoms with Gasteiger partial charge in [-0.25, -0.2) is 19.2 Å². The highest BCUT2D eigenvalue weighted by atomic mass is 19.1. The second-order valence-electron chi connectivity index (χ2n) is 9.37. The average molecular weight is 517 g/mol. The van der Waals surface area contributed by atoms with Crippen LogP contribution in [0.25, 0.3) is 11.1 Å². The van der Waals surface area contributed by atoms with Gasteiger partial charge >= 0.3 is 6.03 Å². The van der Waals surface area contributed by atoms with E-state index >= 15 is 0 Å². The highest BCUT2D eigenvalue weighted by Crippen LogP contribution is 2.33. The molecule has 38 heavy (non-hydrogen) atoms. The summed E-state index contributed by atoms with van der Waals surface area (Å²) >= 11 is 0. The quantitative estimate of drug-likeness (QED) is 0.515. The van der Waals surface area contributed by atoms with E-state index in [-0.39, 0.29) is 18.3 Å². The molecule has 0 bridgehead atoms. The predicted octanol–water partition coefficient (Wildman–Crippen LogP) is 2.64. The molecule has 0 N–H and O–H groups in total. The van der Waals surface area contributed by atoms with Gasteiger partial charge in [0.1, 0.15) is 12.4 Å². The van der Waals surface area contributed by atoms with E-state index in [4.69, 9.17) is 4.74 Å². The lowest BCUT2D eigenvalue weighted by molar-refractivity contribution is -0.129. The summed E-state index contributed by atoms with van der Waals surface area (Å²) in [6.07, 6.45) is 3.46. The van der Waals surface area contributed by atoms with E-state index in [1.807, 2.05) is 12.1 Å². The van der Waals surface area contributed by atoms with E-state index in [1.54, 1.807) is 35.5 Å². The maximum Gasteiger partial charge on any atom is 0.349 e. The molecule has 0 aliphatic carbocycles. The number of carbonyl (C=O) groups excluding carboxylic acids is 2. The van der Waals surface area contributed by atoms with Crippen LogP contribution in [0.2, 0.25) is 0 Å². The van der Waals surface area contributed by atoms with Crippen LogP contribution in [-0.4, -0.2) is 85.8 Å². The molecule has 0 atom stereocenters. The molecule has 2 saturated heterocycles. The molecule has 2 fully saturated rings. The van der Waals surface area contributed by atoms with Gasteiger partial charge in [-0.1, -0.05) is 12.1 Å². The number of halogens is 1. The van der Waals surface area contributed by atoms with Gasteiger partial charge in [0, 0.05) is 68.5 Å². The van der Waals surface area contributed by atoms with Crippen LogP contribution in [-0.2, 0) is 9.53 Å². The summed E-state index contributed by atoms with van der Waals surface area (Å²) in [7, 11) is 0. The minimum Gasteiger partial charge on any atom is -0.378 e. The number of amides is 3. The Morgan fingerprint density at radius 2 is 1.63 bits per heavy atom. The largest absolute Gasteiger partial charge is 0.378 e. The van der Waals surface area contributed by atoms with Crippen LogP contribution in [0.15, 0.2) is 54.9 Å². The molecular formula is C27H27FN7O3.